The summed E-state index contributed by atoms with van der Waals surface area (Å²) in [7, 11) is 2.10. The van der Waals surface area contributed by atoms with Crippen LogP contribution in [0.4, 0.5) is 0 Å². The molecule has 1 aromatic rings. The smallest absolute Gasteiger partial charge is 0.161 e. The Bertz CT molecular complexity index is 375. The van der Waals surface area contributed by atoms with Gasteiger partial charge in [0.1, 0.15) is 6.61 Å². The van der Waals surface area contributed by atoms with Crippen LogP contribution in [0.25, 0.3) is 0 Å². The minimum atomic E-state index is -0.460. The standard InChI is InChI=1S/C14H21NO3/c1-15-8-6-11(7-9-15)13(17)10-18-14-5-3-2-4-12(14)16/h2-5,11,13,16-17H,6-10H2,1H3. The van der Waals surface area contributed by atoms with Crippen LogP contribution < -0.4 is 4.74 Å². The van der Waals surface area contributed by atoms with Crippen molar-refractivity contribution in [1.29, 1.82) is 0 Å². The van der Waals surface area contributed by atoms with Crippen LogP contribution in [0, 0.1) is 5.92 Å². The van der Waals surface area contributed by atoms with Gasteiger partial charge in [-0.3, -0.25) is 0 Å². The van der Waals surface area contributed by atoms with Crippen molar-refractivity contribution >= 4 is 0 Å². The zero-order valence-electron chi connectivity index (χ0n) is 10.7. The molecule has 0 saturated carbocycles. The van der Waals surface area contributed by atoms with Crippen LogP contribution in [0.2, 0.25) is 0 Å². The lowest BCUT2D eigenvalue weighted by atomic mass is 9.92. The van der Waals surface area contributed by atoms with Crippen LogP contribution in [0.15, 0.2) is 24.3 Å². The monoisotopic (exact) mass is 251 g/mol. The predicted octanol–water partition coefficient (Wildman–Crippen LogP) is 1.47. The fraction of sp³-hybridized carbons (Fsp3) is 0.571. The minimum Gasteiger partial charge on any atom is -0.504 e. The van der Waals surface area contributed by atoms with Gasteiger partial charge in [0.15, 0.2) is 11.5 Å². The Kier molecular flexibility index (Phi) is 4.44. The highest BCUT2D eigenvalue weighted by atomic mass is 16.5. The summed E-state index contributed by atoms with van der Waals surface area (Å²) in [5.41, 5.74) is 0. The van der Waals surface area contributed by atoms with Gasteiger partial charge in [-0.15, -0.1) is 0 Å². The molecular weight excluding hydrogens is 230 g/mol. The molecule has 18 heavy (non-hydrogen) atoms. The summed E-state index contributed by atoms with van der Waals surface area (Å²) in [6, 6.07) is 6.83. The second-order valence-corrected chi connectivity index (χ2v) is 4.99. The van der Waals surface area contributed by atoms with E-state index in [-0.39, 0.29) is 12.4 Å². The number of nitrogens with zero attached hydrogens (tertiary/aromatic N) is 1. The quantitative estimate of drug-likeness (QED) is 0.851. The number of hydrogen-bond donors (Lipinski definition) is 2. The number of aliphatic hydroxyl groups excluding tert-OH is 1. The normalized spacial score (nSPS) is 19.7. The molecular formula is C14H21NO3. The Labute approximate surface area is 108 Å². The van der Waals surface area contributed by atoms with E-state index in [1.165, 1.54) is 0 Å². The molecule has 0 radical (unpaired) electrons. The van der Waals surface area contributed by atoms with Crippen molar-refractivity contribution in [3.8, 4) is 11.5 Å². The van der Waals surface area contributed by atoms with Gasteiger partial charge in [0, 0.05) is 0 Å². The second-order valence-electron chi connectivity index (χ2n) is 4.99. The Hall–Kier alpha value is -1.26. The number of benzene rings is 1. The molecule has 0 bridgehead atoms. The van der Waals surface area contributed by atoms with E-state index in [4.69, 9.17) is 4.74 Å². The maximum Gasteiger partial charge on any atom is 0.161 e. The molecule has 0 aromatic heterocycles. The number of para-hydroxylation sites is 2. The van der Waals surface area contributed by atoms with Gasteiger partial charge < -0.3 is 19.8 Å². The molecule has 1 aromatic carbocycles. The van der Waals surface area contributed by atoms with Crippen LogP contribution in [-0.2, 0) is 0 Å². The molecule has 0 amide bonds. The summed E-state index contributed by atoms with van der Waals surface area (Å²) in [6.45, 7) is 2.29. The Morgan fingerprint density at radius 3 is 2.67 bits per heavy atom. The van der Waals surface area contributed by atoms with Crippen molar-refractivity contribution in [1.82, 2.24) is 4.90 Å². The highest BCUT2D eigenvalue weighted by Crippen LogP contribution is 2.26. The molecule has 1 heterocycles. The van der Waals surface area contributed by atoms with Crippen molar-refractivity contribution in [2.75, 3.05) is 26.7 Å². The molecule has 1 atom stereocenters. The van der Waals surface area contributed by atoms with E-state index in [9.17, 15) is 10.2 Å². The first-order valence-electron chi connectivity index (χ1n) is 6.44. The predicted molar refractivity (Wildman–Crippen MR) is 69.8 cm³/mol. The third-order valence-corrected chi connectivity index (χ3v) is 3.58. The number of piperidine rings is 1. The number of ether oxygens (including phenoxy) is 1. The lowest BCUT2D eigenvalue weighted by Gasteiger charge is -2.31. The van der Waals surface area contributed by atoms with Crippen LogP contribution in [0.3, 0.4) is 0 Å². The highest BCUT2D eigenvalue weighted by molar-refractivity contribution is 5.37. The molecule has 1 fully saturated rings. The van der Waals surface area contributed by atoms with Crippen LogP contribution in [-0.4, -0.2) is 48.0 Å². The summed E-state index contributed by atoms with van der Waals surface area (Å²) in [6.07, 6.45) is 1.54. The molecule has 100 valence electrons. The number of aromatic hydroxyl groups is 1. The van der Waals surface area contributed by atoms with Crippen molar-refractivity contribution < 1.29 is 14.9 Å². The van der Waals surface area contributed by atoms with E-state index in [0.717, 1.165) is 25.9 Å². The third kappa shape index (κ3) is 3.37. The van der Waals surface area contributed by atoms with E-state index >= 15 is 0 Å². The molecule has 1 aliphatic heterocycles. The first-order chi connectivity index (χ1) is 8.66. The number of likely N-dealkylation sites (tertiary alicyclic amines) is 1. The number of phenols is 1. The highest BCUT2D eigenvalue weighted by Gasteiger charge is 2.24. The number of phenolic OH excluding ortho intramolecular Hbond substituents is 1. The van der Waals surface area contributed by atoms with Gasteiger partial charge in [0.2, 0.25) is 0 Å². The minimum absolute atomic E-state index is 0.119. The SMILES string of the molecule is CN1CCC(C(O)COc2ccccc2O)CC1. The molecule has 1 aliphatic rings. The van der Waals surface area contributed by atoms with Crippen molar-refractivity contribution in [3.63, 3.8) is 0 Å². The summed E-state index contributed by atoms with van der Waals surface area (Å²) in [4.78, 5) is 2.27. The van der Waals surface area contributed by atoms with E-state index in [0.29, 0.717) is 11.7 Å². The Morgan fingerprint density at radius 2 is 2.00 bits per heavy atom. The van der Waals surface area contributed by atoms with E-state index < -0.39 is 6.10 Å². The molecule has 2 rings (SSSR count). The molecule has 2 N–H and O–H groups in total. The molecule has 4 nitrogen and oxygen atoms in total. The lowest BCUT2D eigenvalue weighted by Crippen LogP contribution is -2.37. The van der Waals surface area contributed by atoms with Gasteiger partial charge in [-0.2, -0.15) is 0 Å². The molecule has 0 spiro atoms. The van der Waals surface area contributed by atoms with Crippen molar-refractivity contribution in [2.24, 2.45) is 5.92 Å². The van der Waals surface area contributed by atoms with E-state index in [1.54, 1.807) is 24.3 Å². The lowest BCUT2D eigenvalue weighted by molar-refractivity contribution is 0.0292. The number of rotatable bonds is 4. The average Bonchev–Trinajstić information content (AvgIpc) is 2.38. The summed E-state index contributed by atoms with van der Waals surface area (Å²) < 4.78 is 5.47. The Morgan fingerprint density at radius 1 is 1.33 bits per heavy atom. The zero-order chi connectivity index (χ0) is 13.0. The number of hydrogen-bond acceptors (Lipinski definition) is 4. The Balaban J connectivity index is 1.81. The maximum absolute atomic E-state index is 10.1. The molecule has 0 aliphatic carbocycles. The molecule has 1 saturated heterocycles. The first kappa shape index (κ1) is 13.2. The average molecular weight is 251 g/mol. The van der Waals surface area contributed by atoms with Gasteiger partial charge in [0.25, 0.3) is 0 Å². The zero-order valence-corrected chi connectivity index (χ0v) is 10.7. The largest absolute Gasteiger partial charge is 0.504 e. The summed E-state index contributed by atoms with van der Waals surface area (Å²) >= 11 is 0. The van der Waals surface area contributed by atoms with Crippen LogP contribution >= 0.6 is 0 Å². The molecule has 4 heteroatoms. The van der Waals surface area contributed by atoms with Crippen molar-refractivity contribution in [3.05, 3.63) is 24.3 Å². The topological polar surface area (TPSA) is 52.9 Å². The van der Waals surface area contributed by atoms with Gasteiger partial charge in [-0.1, -0.05) is 12.1 Å². The fourth-order valence-electron chi connectivity index (χ4n) is 2.30. The van der Waals surface area contributed by atoms with Gasteiger partial charge in [0.05, 0.1) is 6.10 Å². The van der Waals surface area contributed by atoms with E-state index in [1.807, 2.05) is 0 Å². The van der Waals surface area contributed by atoms with Crippen molar-refractivity contribution in [2.45, 2.75) is 18.9 Å². The summed E-state index contributed by atoms with van der Waals surface area (Å²) in [5.74, 6) is 0.851. The second kappa shape index (κ2) is 6.07. The summed E-state index contributed by atoms with van der Waals surface area (Å²) in [5, 5.41) is 19.6. The van der Waals surface area contributed by atoms with Gasteiger partial charge in [-0.25, -0.2) is 0 Å². The number of aliphatic hydroxyl groups is 1. The fourth-order valence-corrected chi connectivity index (χ4v) is 2.30. The maximum atomic E-state index is 10.1. The molecule has 1 unspecified atom stereocenters. The van der Waals surface area contributed by atoms with Crippen LogP contribution in [0.5, 0.6) is 11.5 Å². The van der Waals surface area contributed by atoms with Gasteiger partial charge in [-0.05, 0) is 51.0 Å². The van der Waals surface area contributed by atoms with Gasteiger partial charge >= 0.3 is 0 Å². The third-order valence-electron chi connectivity index (χ3n) is 3.58. The van der Waals surface area contributed by atoms with Crippen LogP contribution in [0.1, 0.15) is 12.8 Å². The first-order valence-corrected chi connectivity index (χ1v) is 6.44. The van der Waals surface area contributed by atoms with E-state index in [2.05, 4.69) is 11.9 Å².